The van der Waals surface area contributed by atoms with Crippen LogP contribution in [0.15, 0.2) is 24.3 Å². The van der Waals surface area contributed by atoms with Crippen molar-refractivity contribution < 1.29 is 5.11 Å². The molecule has 2 nitrogen and oxygen atoms in total. The number of allylic oxidation sites excluding steroid dienone is 4. The number of rotatable bonds is 36. The Bertz CT molecular complexity index is 571. The standard InChI is InChI=1S/C43H85NO/c1-6-10-12-14-16-18-20-22-24-26-28-30-32-34-36-38-41(8-3)43(40-45,44-5)42(9-4)39-37-35-33-31-29-27-25-23-21-19-17-15-13-11-7-2/h22-25,41-42,44-45H,6-21,26-40H2,1-5H3/b24-22-,25-23-. The minimum Gasteiger partial charge on any atom is -0.394 e. The molecule has 2 unspecified atom stereocenters. The molecule has 2 atom stereocenters. The van der Waals surface area contributed by atoms with Gasteiger partial charge in [-0.05, 0) is 83.1 Å². The van der Waals surface area contributed by atoms with Gasteiger partial charge in [0.2, 0.25) is 0 Å². The molecular formula is C43H85NO. The van der Waals surface area contributed by atoms with E-state index in [1.54, 1.807) is 0 Å². The number of unbranched alkanes of at least 4 members (excludes halogenated alkanes) is 22. The normalized spacial score (nSPS) is 14.9. The van der Waals surface area contributed by atoms with Crippen LogP contribution in [0.25, 0.3) is 0 Å². The zero-order chi connectivity index (χ0) is 33.1. The van der Waals surface area contributed by atoms with Crippen molar-refractivity contribution in [1.82, 2.24) is 5.32 Å². The SMILES string of the molecule is CCCCCCCC/C=C\CCCCCCCC(CC)C(CO)(NC)C(CC)CCCCCCC/C=C\CCCCCCCC. The number of hydrogen-bond acceptors (Lipinski definition) is 2. The molecule has 0 aromatic rings. The molecule has 268 valence electrons. The maximum atomic E-state index is 10.8. The van der Waals surface area contributed by atoms with E-state index in [9.17, 15) is 5.11 Å². The van der Waals surface area contributed by atoms with Crippen LogP contribution in [0.4, 0.5) is 0 Å². The molecule has 2 N–H and O–H groups in total. The zero-order valence-corrected chi connectivity index (χ0v) is 31.8. The first-order valence-corrected chi connectivity index (χ1v) is 20.8. The van der Waals surface area contributed by atoms with E-state index >= 15 is 0 Å². The lowest BCUT2D eigenvalue weighted by Crippen LogP contribution is -2.58. The van der Waals surface area contributed by atoms with Crippen LogP contribution in [-0.4, -0.2) is 24.3 Å². The first-order valence-electron chi connectivity index (χ1n) is 20.8. The van der Waals surface area contributed by atoms with E-state index in [0.29, 0.717) is 11.8 Å². The topological polar surface area (TPSA) is 32.3 Å². The van der Waals surface area contributed by atoms with Crippen LogP contribution in [-0.2, 0) is 0 Å². The van der Waals surface area contributed by atoms with E-state index in [1.165, 1.54) is 180 Å². The van der Waals surface area contributed by atoms with Crippen LogP contribution in [0, 0.1) is 11.8 Å². The second-order valence-electron chi connectivity index (χ2n) is 14.4. The van der Waals surface area contributed by atoms with Gasteiger partial charge in [-0.2, -0.15) is 0 Å². The highest BCUT2D eigenvalue weighted by Crippen LogP contribution is 2.37. The molecule has 0 amide bonds. The van der Waals surface area contributed by atoms with Crippen molar-refractivity contribution in [1.29, 1.82) is 0 Å². The van der Waals surface area contributed by atoms with Crippen molar-refractivity contribution in [3.8, 4) is 0 Å². The number of aliphatic hydroxyl groups is 1. The summed E-state index contributed by atoms with van der Waals surface area (Å²) >= 11 is 0. The summed E-state index contributed by atoms with van der Waals surface area (Å²) in [5.41, 5.74) is -0.120. The van der Waals surface area contributed by atoms with E-state index in [2.05, 4.69) is 64.4 Å². The molecule has 0 aliphatic carbocycles. The monoisotopic (exact) mass is 632 g/mol. The molecule has 0 rings (SSSR count). The van der Waals surface area contributed by atoms with Gasteiger partial charge in [0.25, 0.3) is 0 Å². The van der Waals surface area contributed by atoms with E-state index in [-0.39, 0.29) is 12.1 Å². The highest BCUT2D eigenvalue weighted by molar-refractivity contribution is 4.98. The molecule has 0 spiro atoms. The third-order valence-electron chi connectivity index (χ3n) is 10.8. The number of hydrogen-bond donors (Lipinski definition) is 2. The van der Waals surface area contributed by atoms with Crippen LogP contribution >= 0.6 is 0 Å². The number of likely N-dealkylation sites (N-methyl/N-ethyl adjacent to an activating group) is 1. The fourth-order valence-electron chi connectivity index (χ4n) is 7.65. The van der Waals surface area contributed by atoms with Crippen LogP contribution in [0.1, 0.15) is 220 Å². The van der Waals surface area contributed by atoms with Gasteiger partial charge in [-0.1, -0.05) is 180 Å². The molecule has 0 aromatic carbocycles. The quantitative estimate of drug-likeness (QED) is 0.0532. The Kier molecular flexibility index (Phi) is 34.3. The summed E-state index contributed by atoms with van der Waals surface area (Å²) in [6, 6.07) is 0. The first-order chi connectivity index (χ1) is 22.2. The minimum absolute atomic E-state index is 0.120. The molecule has 0 heterocycles. The highest BCUT2D eigenvalue weighted by atomic mass is 16.3. The van der Waals surface area contributed by atoms with Crippen LogP contribution in [0.2, 0.25) is 0 Å². The maximum Gasteiger partial charge on any atom is 0.0618 e. The van der Waals surface area contributed by atoms with Crippen molar-refractivity contribution in [2.75, 3.05) is 13.7 Å². The highest BCUT2D eigenvalue weighted by Gasteiger charge is 2.41. The molecule has 0 bridgehead atoms. The van der Waals surface area contributed by atoms with Crippen LogP contribution in [0.5, 0.6) is 0 Å². The predicted octanol–water partition coefficient (Wildman–Crippen LogP) is 14.1. The van der Waals surface area contributed by atoms with E-state index in [1.807, 2.05) is 0 Å². The largest absolute Gasteiger partial charge is 0.394 e. The van der Waals surface area contributed by atoms with Crippen molar-refractivity contribution >= 4 is 0 Å². The average molecular weight is 632 g/mol. The summed E-state index contributed by atoms with van der Waals surface area (Å²) in [7, 11) is 2.11. The molecule has 0 saturated carbocycles. The molecule has 0 saturated heterocycles. The molecule has 0 radical (unpaired) electrons. The zero-order valence-electron chi connectivity index (χ0n) is 31.8. The summed E-state index contributed by atoms with van der Waals surface area (Å²) in [6.07, 6.45) is 49.8. The summed E-state index contributed by atoms with van der Waals surface area (Å²) < 4.78 is 0. The lowest BCUT2D eigenvalue weighted by atomic mass is 9.68. The first kappa shape index (κ1) is 44.4. The fraction of sp³-hybridized carbons (Fsp3) is 0.907. The van der Waals surface area contributed by atoms with Crippen molar-refractivity contribution in [2.24, 2.45) is 11.8 Å². The molecular weight excluding hydrogens is 546 g/mol. The Morgan fingerprint density at radius 3 is 1.00 bits per heavy atom. The predicted molar refractivity (Wildman–Crippen MR) is 205 cm³/mol. The second kappa shape index (κ2) is 34.7. The second-order valence-corrected chi connectivity index (χ2v) is 14.4. The van der Waals surface area contributed by atoms with Gasteiger partial charge in [0.15, 0.2) is 0 Å². The van der Waals surface area contributed by atoms with Gasteiger partial charge >= 0.3 is 0 Å². The van der Waals surface area contributed by atoms with Gasteiger partial charge in [-0.15, -0.1) is 0 Å². The van der Waals surface area contributed by atoms with Crippen LogP contribution < -0.4 is 5.32 Å². The Morgan fingerprint density at radius 1 is 0.444 bits per heavy atom. The number of aliphatic hydroxyl groups excluding tert-OH is 1. The lowest BCUT2D eigenvalue weighted by Gasteiger charge is -2.45. The fourth-order valence-corrected chi connectivity index (χ4v) is 7.65. The molecule has 2 heteroatoms. The van der Waals surface area contributed by atoms with Gasteiger partial charge in [0.05, 0.1) is 6.61 Å². The van der Waals surface area contributed by atoms with E-state index in [0.717, 1.165) is 12.8 Å². The third-order valence-corrected chi connectivity index (χ3v) is 10.8. The Balaban J connectivity index is 4.15. The van der Waals surface area contributed by atoms with E-state index < -0.39 is 0 Å². The van der Waals surface area contributed by atoms with Gasteiger partial charge in [-0.3, -0.25) is 0 Å². The van der Waals surface area contributed by atoms with E-state index in [4.69, 9.17) is 0 Å². The summed E-state index contributed by atoms with van der Waals surface area (Å²) in [5, 5.41) is 14.5. The molecule has 0 aliphatic rings. The molecule has 0 aliphatic heterocycles. The van der Waals surface area contributed by atoms with Crippen molar-refractivity contribution in [3.63, 3.8) is 0 Å². The van der Waals surface area contributed by atoms with Gasteiger partial charge in [-0.25, -0.2) is 0 Å². The Labute approximate surface area is 285 Å². The molecule has 0 aromatic heterocycles. The van der Waals surface area contributed by atoms with Crippen molar-refractivity contribution in [3.05, 3.63) is 24.3 Å². The Hall–Kier alpha value is -0.600. The molecule has 45 heavy (non-hydrogen) atoms. The van der Waals surface area contributed by atoms with Crippen molar-refractivity contribution in [2.45, 2.75) is 226 Å². The summed E-state index contributed by atoms with van der Waals surface area (Å²) in [4.78, 5) is 0. The lowest BCUT2D eigenvalue weighted by molar-refractivity contribution is 0.0398. The minimum atomic E-state index is -0.120. The smallest absolute Gasteiger partial charge is 0.0618 e. The van der Waals surface area contributed by atoms with Crippen LogP contribution in [0.3, 0.4) is 0 Å². The average Bonchev–Trinajstić information content (AvgIpc) is 3.06. The van der Waals surface area contributed by atoms with Gasteiger partial charge in [0, 0.05) is 5.54 Å². The number of nitrogens with one attached hydrogen (secondary N) is 1. The Morgan fingerprint density at radius 2 is 0.733 bits per heavy atom. The van der Waals surface area contributed by atoms with Gasteiger partial charge in [0.1, 0.15) is 0 Å². The summed E-state index contributed by atoms with van der Waals surface area (Å²) in [5.74, 6) is 1.12. The summed E-state index contributed by atoms with van der Waals surface area (Å²) in [6.45, 7) is 9.55. The maximum absolute atomic E-state index is 10.8. The van der Waals surface area contributed by atoms with Gasteiger partial charge < -0.3 is 10.4 Å². The molecule has 0 fully saturated rings. The third kappa shape index (κ3) is 24.2.